The molecule has 1 N–H and O–H groups in total. The average molecular weight is 388 g/mol. The van der Waals surface area contributed by atoms with Gasteiger partial charge in [0.15, 0.2) is 0 Å². The Balaban J connectivity index is 0.000000829. The minimum atomic E-state index is -0.0729. The van der Waals surface area contributed by atoms with Crippen LogP contribution in [0.3, 0.4) is 0 Å². The zero-order valence-electron chi connectivity index (χ0n) is 19.0. The van der Waals surface area contributed by atoms with Crippen LogP contribution in [0.2, 0.25) is 0 Å². The fourth-order valence-corrected chi connectivity index (χ4v) is 9.43. The van der Waals surface area contributed by atoms with Crippen molar-refractivity contribution < 1.29 is 5.11 Å². The molecule has 1 heterocycles. The van der Waals surface area contributed by atoms with E-state index in [1.54, 1.807) is 19.3 Å². The van der Waals surface area contributed by atoms with Crippen LogP contribution in [0.5, 0.6) is 0 Å². The predicted molar refractivity (Wildman–Crippen MR) is 116 cm³/mol. The number of nitrogens with zero attached hydrogens (tertiary/aromatic N) is 1. The van der Waals surface area contributed by atoms with Crippen LogP contribution >= 0.6 is 0 Å². The molecule has 1 aliphatic heterocycles. The number of hydrogen-bond donors (Lipinski definition) is 1. The standard InChI is InChI=1S/C24H39NO.C2H6/c1-23-8-7-19-18(6-5-17-12-15-11-16(15)14-24(17,19)2)20(23)13-21(22(23)26)25-9-3-4-10-25;1-2/h15-22,26H,3-14H2,1-2H3;1-2H3/t15-,16+,17-,18?,19?,20?,21-,22-,23-,24-;/m0./s1. The minimum absolute atomic E-state index is 0.0729. The van der Waals surface area contributed by atoms with E-state index in [0.717, 1.165) is 35.5 Å². The summed E-state index contributed by atoms with van der Waals surface area (Å²) in [6.07, 6.45) is 14.3. The summed E-state index contributed by atoms with van der Waals surface area (Å²) in [4.78, 5) is 2.66. The van der Waals surface area contributed by atoms with Gasteiger partial charge in [0.2, 0.25) is 0 Å². The molecule has 0 radical (unpaired) electrons. The first-order valence-corrected chi connectivity index (χ1v) is 12.9. The third-order valence-corrected chi connectivity index (χ3v) is 11.0. The maximum atomic E-state index is 11.4. The Morgan fingerprint density at radius 2 is 1.57 bits per heavy atom. The molecule has 6 fully saturated rings. The van der Waals surface area contributed by atoms with E-state index in [4.69, 9.17) is 0 Å². The van der Waals surface area contributed by atoms with Crippen molar-refractivity contribution >= 4 is 0 Å². The molecule has 0 spiro atoms. The maximum absolute atomic E-state index is 11.4. The van der Waals surface area contributed by atoms with E-state index in [2.05, 4.69) is 18.7 Å². The van der Waals surface area contributed by atoms with Gasteiger partial charge < -0.3 is 5.11 Å². The molecule has 2 nitrogen and oxygen atoms in total. The number of fused-ring (bicyclic) bond motifs is 6. The van der Waals surface area contributed by atoms with Gasteiger partial charge in [0.1, 0.15) is 0 Å². The van der Waals surface area contributed by atoms with E-state index in [1.807, 2.05) is 13.8 Å². The summed E-state index contributed by atoms with van der Waals surface area (Å²) in [7, 11) is 0. The fourth-order valence-electron chi connectivity index (χ4n) is 9.43. The molecule has 160 valence electrons. The predicted octanol–water partition coefficient (Wildman–Crippen LogP) is 5.74. The van der Waals surface area contributed by atoms with Crippen LogP contribution in [0.25, 0.3) is 0 Å². The van der Waals surface area contributed by atoms with Gasteiger partial charge in [-0.1, -0.05) is 27.7 Å². The molecule has 6 aliphatic rings. The van der Waals surface area contributed by atoms with Crippen molar-refractivity contribution in [3.8, 4) is 0 Å². The van der Waals surface area contributed by atoms with Crippen LogP contribution in [0.1, 0.15) is 91.9 Å². The largest absolute Gasteiger partial charge is 0.391 e. The van der Waals surface area contributed by atoms with E-state index in [0.29, 0.717) is 11.5 Å². The SMILES string of the molecule is CC.C[C@]12CCC3C(CC[C@H]4C[C@@H]5C[C@@H]5C[C@]34C)C1C[C@H](N1CCCC1)[C@@H]2O. The monoisotopic (exact) mass is 387 g/mol. The molecule has 28 heavy (non-hydrogen) atoms. The molecule has 5 aliphatic carbocycles. The van der Waals surface area contributed by atoms with Crippen molar-refractivity contribution in [3.05, 3.63) is 0 Å². The van der Waals surface area contributed by atoms with Crippen LogP contribution in [0.15, 0.2) is 0 Å². The molecule has 3 unspecified atom stereocenters. The van der Waals surface area contributed by atoms with Gasteiger partial charge in [0.05, 0.1) is 6.10 Å². The molecule has 2 heteroatoms. The van der Waals surface area contributed by atoms with Crippen LogP contribution in [-0.2, 0) is 0 Å². The van der Waals surface area contributed by atoms with Crippen LogP contribution in [-0.4, -0.2) is 35.2 Å². The molecule has 0 amide bonds. The Morgan fingerprint density at radius 3 is 2.32 bits per heavy atom. The van der Waals surface area contributed by atoms with Gasteiger partial charge in [-0.25, -0.2) is 0 Å². The Hall–Kier alpha value is -0.0800. The van der Waals surface area contributed by atoms with E-state index >= 15 is 0 Å². The molecule has 6 rings (SSSR count). The number of hydrogen-bond acceptors (Lipinski definition) is 2. The summed E-state index contributed by atoms with van der Waals surface area (Å²) < 4.78 is 0. The normalized spacial score (nSPS) is 57.3. The molecular formula is C26H45NO. The minimum Gasteiger partial charge on any atom is -0.391 e. The van der Waals surface area contributed by atoms with Crippen molar-refractivity contribution in [3.63, 3.8) is 0 Å². The van der Waals surface area contributed by atoms with Crippen LogP contribution < -0.4 is 0 Å². The second-order valence-electron chi connectivity index (χ2n) is 11.9. The first kappa shape index (κ1) is 19.9. The lowest BCUT2D eigenvalue weighted by Gasteiger charge is -2.60. The Labute approximate surface area is 173 Å². The summed E-state index contributed by atoms with van der Waals surface area (Å²) >= 11 is 0. The molecule has 0 aromatic carbocycles. The second-order valence-corrected chi connectivity index (χ2v) is 11.9. The van der Waals surface area contributed by atoms with Gasteiger partial charge in [-0.3, -0.25) is 4.90 Å². The molecule has 1 saturated heterocycles. The molecule has 0 aromatic heterocycles. The van der Waals surface area contributed by atoms with Crippen molar-refractivity contribution in [2.24, 2.45) is 46.3 Å². The number of aliphatic hydroxyl groups is 1. The molecule has 0 aromatic rings. The summed E-state index contributed by atoms with van der Waals surface area (Å²) in [6.45, 7) is 11.7. The summed E-state index contributed by atoms with van der Waals surface area (Å²) in [5.74, 6) is 5.90. The topological polar surface area (TPSA) is 23.5 Å². The molecule has 10 atom stereocenters. The van der Waals surface area contributed by atoms with Gasteiger partial charge in [-0.15, -0.1) is 0 Å². The Morgan fingerprint density at radius 1 is 0.821 bits per heavy atom. The maximum Gasteiger partial charge on any atom is 0.0751 e. The zero-order valence-corrected chi connectivity index (χ0v) is 19.0. The highest BCUT2D eigenvalue weighted by atomic mass is 16.3. The van der Waals surface area contributed by atoms with E-state index < -0.39 is 0 Å². The summed E-state index contributed by atoms with van der Waals surface area (Å²) in [5.41, 5.74) is 0.840. The number of rotatable bonds is 1. The fraction of sp³-hybridized carbons (Fsp3) is 1.00. The zero-order chi connectivity index (χ0) is 19.7. The molecule has 0 bridgehead atoms. The van der Waals surface area contributed by atoms with Gasteiger partial charge in [0.25, 0.3) is 0 Å². The Kier molecular flexibility index (Phi) is 4.95. The van der Waals surface area contributed by atoms with Crippen molar-refractivity contribution in [2.75, 3.05) is 13.1 Å². The van der Waals surface area contributed by atoms with Crippen molar-refractivity contribution in [1.29, 1.82) is 0 Å². The highest BCUT2D eigenvalue weighted by Crippen LogP contribution is 2.70. The molecular weight excluding hydrogens is 342 g/mol. The first-order chi connectivity index (χ1) is 13.5. The third kappa shape index (κ3) is 2.72. The van der Waals surface area contributed by atoms with E-state index in [-0.39, 0.29) is 11.5 Å². The Bertz CT molecular complexity index is 585. The van der Waals surface area contributed by atoms with E-state index in [9.17, 15) is 5.11 Å². The average Bonchev–Trinajstić information content (AvgIpc) is 3.10. The van der Waals surface area contributed by atoms with Gasteiger partial charge in [-0.05, 0) is 124 Å². The lowest BCUT2D eigenvalue weighted by molar-refractivity contribution is -0.123. The van der Waals surface area contributed by atoms with Gasteiger partial charge >= 0.3 is 0 Å². The summed E-state index contributed by atoms with van der Waals surface area (Å²) in [6, 6.07) is 0.468. The van der Waals surface area contributed by atoms with Crippen LogP contribution in [0.4, 0.5) is 0 Å². The lowest BCUT2D eigenvalue weighted by atomic mass is 9.45. The smallest absolute Gasteiger partial charge is 0.0751 e. The first-order valence-electron chi connectivity index (χ1n) is 12.9. The third-order valence-electron chi connectivity index (χ3n) is 11.0. The van der Waals surface area contributed by atoms with Crippen molar-refractivity contribution in [1.82, 2.24) is 4.90 Å². The number of aliphatic hydroxyl groups excluding tert-OH is 1. The van der Waals surface area contributed by atoms with Gasteiger partial charge in [0, 0.05) is 6.04 Å². The van der Waals surface area contributed by atoms with Crippen LogP contribution in [0, 0.1) is 46.3 Å². The highest BCUT2D eigenvalue weighted by Gasteiger charge is 2.64. The number of likely N-dealkylation sites (tertiary alicyclic amines) is 1. The highest BCUT2D eigenvalue weighted by molar-refractivity contribution is 5.14. The van der Waals surface area contributed by atoms with Gasteiger partial charge in [-0.2, -0.15) is 0 Å². The second kappa shape index (κ2) is 6.98. The van der Waals surface area contributed by atoms with Crippen molar-refractivity contribution in [2.45, 2.75) is 104 Å². The van der Waals surface area contributed by atoms with E-state index in [1.165, 1.54) is 58.0 Å². The summed E-state index contributed by atoms with van der Waals surface area (Å²) in [5, 5.41) is 11.4. The lowest BCUT2D eigenvalue weighted by Crippen LogP contribution is -2.54. The quantitative estimate of drug-likeness (QED) is 0.620. The molecule has 5 saturated carbocycles.